The largest absolute Gasteiger partial charge is 0.508 e. The predicted octanol–water partition coefficient (Wildman–Crippen LogP) is 0.126. The molecule has 7 nitrogen and oxygen atoms in total. The molecule has 0 saturated carbocycles. The molecule has 2 aromatic rings. The van der Waals surface area contributed by atoms with Crippen molar-refractivity contribution in [2.75, 3.05) is 0 Å². The molecule has 0 aliphatic heterocycles. The molecule has 0 amide bonds. The maximum absolute atomic E-state index is 9.31. The van der Waals surface area contributed by atoms with E-state index in [1.54, 1.807) is 18.2 Å². The standard InChI is InChI=1S/C10H11N5O2/c11-9(14-17)10-12-6-15(13-10)5-7-2-1-3-8(16)4-7/h1-4,6,16-17H,5H2,(H2,11,14). The van der Waals surface area contributed by atoms with Crippen molar-refractivity contribution in [3.63, 3.8) is 0 Å². The Labute approximate surface area is 96.8 Å². The van der Waals surface area contributed by atoms with Crippen LogP contribution in [0.5, 0.6) is 5.75 Å². The van der Waals surface area contributed by atoms with E-state index in [-0.39, 0.29) is 17.4 Å². The Hall–Kier alpha value is -2.57. The number of nitrogens with two attached hydrogens (primary N) is 1. The van der Waals surface area contributed by atoms with Crippen molar-refractivity contribution in [1.29, 1.82) is 0 Å². The number of hydrogen-bond donors (Lipinski definition) is 3. The van der Waals surface area contributed by atoms with Gasteiger partial charge in [-0.05, 0) is 17.7 Å². The van der Waals surface area contributed by atoms with Crippen LogP contribution in [0.25, 0.3) is 0 Å². The fourth-order valence-corrected chi connectivity index (χ4v) is 1.37. The van der Waals surface area contributed by atoms with Crippen molar-refractivity contribution >= 4 is 5.84 Å². The molecule has 0 aliphatic carbocycles. The van der Waals surface area contributed by atoms with E-state index < -0.39 is 0 Å². The Morgan fingerprint density at radius 1 is 1.47 bits per heavy atom. The first-order valence-corrected chi connectivity index (χ1v) is 4.84. The monoisotopic (exact) mass is 233 g/mol. The number of phenols is 1. The molecule has 17 heavy (non-hydrogen) atoms. The zero-order valence-corrected chi connectivity index (χ0v) is 8.85. The molecule has 1 heterocycles. The number of rotatable bonds is 3. The third kappa shape index (κ3) is 2.51. The number of hydrogen-bond acceptors (Lipinski definition) is 5. The molecule has 0 unspecified atom stereocenters. The van der Waals surface area contributed by atoms with Crippen molar-refractivity contribution in [2.24, 2.45) is 10.9 Å². The minimum Gasteiger partial charge on any atom is -0.508 e. The zero-order valence-electron chi connectivity index (χ0n) is 8.85. The molecule has 0 spiro atoms. The maximum Gasteiger partial charge on any atom is 0.219 e. The molecule has 7 heteroatoms. The Morgan fingerprint density at radius 2 is 2.29 bits per heavy atom. The normalized spacial score (nSPS) is 11.6. The van der Waals surface area contributed by atoms with Gasteiger partial charge in [-0.2, -0.15) is 0 Å². The Kier molecular flexibility index (Phi) is 2.91. The number of oxime groups is 1. The van der Waals surface area contributed by atoms with Gasteiger partial charge in [-0.15, -0.1) is 5.10 Å². The smallest absolute Gasteiger partial charge is 0.219 e. The van der Waals surface area contributed by atoms with Gasteiger partial charge in [0, 0.05) is 0 Å². The van der Waals surface area contributed by atoms with E-state index in [2.05, 4.69) is 15.2 Å². The van der Waals surface area contributed by atoms with Gasteiger partial charge in [-0.1, -0.05) is 17.3 Å². The number of phenolic OH excluding ortho intramolecular Hbond substituents is 1. The Balaban J connectivity index is 2.17. The third-order valence-electron chi connectivity index (χ3n) is 2.13. The number of aromatic nitrogens is 3. The summed E-state index contributed by atoms with van der Waals surface area (Å²) in [6.45, 7) is 0.445. The van der Waals surface area contributed by atoms with E-state index in [9.17, 15) is 5.11 Å². The van der Waals surface area contributed by atoms with E-state index in [4.69, 9.17) is 10.9 Å². The minimum atomic E-state index is -0.139. The molecule has 0 bridgehead atoms. The van der Waals surface area contributed by atoms with Crippen LogP contribution in [0, 0.1) is 0 Å². The molecule has 0 aliphatic rings. The lowest BCUT2D eigenvalue weighted by atomic mass is 10.2. The lowest BCUT2D eigenvalue weighted by Crippen LogP contribution is -2.15. The molecule has 1 aromatic carbocycles. The number of benzene rings is 1. The molecule has 0 saturated heterocycles. The Morgan fingerprint density at radius 3 is 3.00 bits per heavy atom. The summed E-state index contributed by atoms with van der Waals surface area (Å²) in [6.07, 6.45) is 1.47. The van der Waals surface area contributed by atoms with Crippen LogP contribution in [0.1, 0.15) is 11.4 Å². The van der Waals surface area contributed by atoms with E-state index >= 15 is 0 Å². The van der Waals surface area contributed by atoms with Gasteiger partial charge in [0.25, 0.3) is 0 Å². The van der Waals surface area contributed by atoms with Gasteiger partial charge in [0.1, 0.15) is 12.1 Å². The highest BCUT2D eigenvalue weighted by Crippen LogP contribution is 2.11. The molecule has 4 N–H and O–H groups in total. The Bertz CT molecular complexity index is 549. The molecule has 2 rings (SSSR count). The highest BCUT2D eigenvalue weighted by Gasteiger charge is 2.06. The molecule has 1 aromatic heterocycles. The summed E-state index contributed by atoms with van der Waals surface area (Å²) in [6, 6.07) is 6.81. The van der Waals surface area contributed by atoms with E-state index in [1.165, 1.54) is 11.0 Å². The first-order chi connectivity index (χ1) is 8.19. The van der Waals surface area contributed by atoms with Crippen LogP contribution in [0.3, 0.4) is 0 Å². The second kappa shape index (κ2) is 4.52. The summed E-state index contributed by atoms with van der Waals surface area (Å²) in [5.41, 5.74) is 6.22. The van der Waals surface area contributed by atoms with Gasteiger partial charge in [-0.25, -0.2) is 9.67 Å². The van der Waals surface area contributed by atoms with Crippen LogP contribution in [-0.4, -0.2) is 30.9 Å². The molecular weight excluding hydrogens is 222 g/mol. The average molecular weight is 233 g/mol. The van der Waals surface area contributed by atoms with Gasteiger partial charge in [0.2, 0.25) is 11.7 Å². The van der Waals surface area contributed by atoms with Crippen molar-refractivity contribution in [1.82, 2.24) is 14.8 Å². The van der Waals surface area contributed by atoms with Gasteiger partial charge in [-0.3, -0.25) is 0 Å². The van der Waals surface area contributed by atoms with Gasteiger partial charge in [0.15, 0.2) is 0 Å². The lowest BCUT2D eigenvalue weighted by Gasteiger charge is -2.01. The first kappa shape index (κ1) is 10.9. The minimum absolute atomic E-state index is 0.139. The highest BCUT2D eigenvalue weighted by molar-refractivity contribution is 5.93. The number of amidine groups is 1. The molecular formula is C10H11N5O2. The van der Waals surface area contributed by atoms with E-state index in [0.717, 1.165) is 5.56 Å². The molecule has 0 radical (unpaired) electrons. The van der Waals surface area contributed by atoms with Crippen molar-refractivity contribution in [2.45, 2.75) is 6.54 Å². The summed E-state index contributed by atoms with van der Waals surface area (Å²) in [5, 5.41) is 24.6. The van der Waals surface area contributed by atoms with Crippen molar-refractivity contribution in [3.05, 3.63) is 42.0 Å². The lowest BCUT2D eigenvalue weighted by molar-refractivity contribution is 0.318. The first-order valence-electron chi connectivity index (χ1n) is 4.84. The molecule has 0 fully saturated rings. The zero-order chi connectivity index (χ0) is 12.3. The quantitative estimate of drug-likeness (QED) is 0.302. The fourth-order valence-electron chi connectivity index (χ4n) is 1.37. The SMILES string of the molecule is NC(=NO)c1ncn(Cc2cccc(O)c2)n1. The topological polar surface area (TPSA) is 110 Å². The molecule has 0 atom stereocenters. The van der Waals surface area contributed by atoms with Crippen molar-refractivity contribution < 1.29 is 10.3 Å². The summed E-state index contributed by atoms with van der Waals surface area (Å²) in [7, 11) is 0. The fraction of sp³-hybridized carbons (Fsp3) is 0.100. The van der Waals surface area contributed by atoms with Crippen LogP contribution in [0.4, 0.5) is 0 Å². The second-order valence-corrected chi connectivity index (χ2v) is 3.42. The maximum atomic E-state index is 9.31. The number of nitrogens with zero attached hydrogens (tertiary/aromatic N) is 4. The molecule has 88 valence electrons. The summed E-state index contributed by atoms with van der Waals surface area (Å²) < 4.78 is 1.53. The van der Waals surface area contributed by atoms with E-state index in [1.807, 2.05) is 6.07 Å². The van der Waals surface area contributed by atoms with Gasteiger partial charge < -0.3 is 16.0 Å². The third-order valence-corrected chi connectivity index (χ3v) is 2.13. The van der Waals surface area contributed by atoms with Crippen LogP contribution < -0.4 is 5.73 Å². The van der Waals surface area contributed by atoms with Gasteiger partial charge >= 0.3 is 0 Å². The van der Waals surface area contributed by atoms with Gasteiger partial charge in [0.05, 0.1) is 6.54 Å². The summed E-state index contributed by atoms with van der Waals surface area (Å²) in [5.74, 6) is 0.214. The second-order valence-electron chi connectivity index (χ2n) is 3.42. The van der Waals surface area contributed by atoms with Crippen molar-refractivity contribution in [3.8, 4) is 5.75 Å². The predicted molar refractivity (Wildman–Crippen MR) is 59.7 cm³/mol. The van der Waals surface area contributed by atoms with Crippen LogP contribution in [-0.2, 0) is 6.54 Å². The summed E-state index contributed by atoms with van der Waals surface area (Å²) >= 11 is 0. The van der Waals surface area contributed by atoms with E-state index in [0.29, 0.717) is 6.54 Å². The van der Waals surface area contributed by atoms with Crippen LogP contribution in [0.15, 0.2) is 35.7 Å². The average Bonchev–Trinajstić information content (AvgIpc) is 2.76. The van der Waals surface area contributed by atoms with Crippen LogP contribution >= 0.6 is 0 Å². The summed E-state index contributed by atoms with van der Waals surface area (Å²) in [4.78, 5) is 3.88. The highest BCUT2D eigenvalue weighted by atomic mass is 16.4. The van der Waals surface area contributed by atoms with Crippen LogP contribution in [0.2, 0.25) is 0 Å². The number of aromatic hydroxyl groups is 1.